The normalized spacial score (nSPS) is 11.5. The molecule has 0 heterocycles. The van der Waals surface area contributed by atoms with Gasteiger partial charge in [-0.15, -0.1) is 0 Å². The van der Waals surface area contributed by atoms with Crippen molar-refractivity contribution in [2.45, 2.75) is 26.4 Å². The van der Waals surface area contributed by atoms with Crippen molar-refractivity contribution in [2.75, 3.05) is 112 Å². The molecule has 0 saturated heterocycles. The Morgan fingerprint density at radius 2 is 0.829 bits per heavy atom. The number of ether oxygens (including phenoxy) is 10. The van der Waals surface area contributed by atoms with Gasteiger partial charge in [-0.25, -0.2) is 4.79 Å². The highest BCUT2D eigenvalue weighted by Gasteiger charge is 2.15. The number of hydrogen-bond donors (Lipinski definition) is 0. The molecule has 0 N–H and O–H groups in total. The third kappa shape index (κ3) is 30.7. The Morgan fingerprint density at radius 1 is 0.543 bits per heavy atom. The van der Waals surface area contributed by atoms with E-state index >= 15 is 0 Å². The van der Waals surface area contributed by atoms with Crippen LogP contribution in [0.1, 0.15) is 20.8 Å². The highest BCUT2D eigenvalue weighted by atomic mass is 16.6. The first-order valence-corrected chi connectivity index (χ1v) is 12.0. The van der Waals surface area contributed by atoms with Gasteiger partial charge in [-0.1, -0.05) is 6.58 Å². The molecular weight excluding hydrogens is 464 g/mol. The maximum Gasteiger partial charge on any atom is 0.332 e. The van der Waals surface area contributed by atoms with Crippen LogP contribution >= 0.6 is 0 Å². The van der Waals surface area contributed by atoms with Crippen LogP contribution in [0.3, 0.4) is 0 Å². The van der Waals surface area contributed by atoms with Crippen LogP contribution in [0.4, 0.5) is 0 Å². The van der Waals surface area contributed by atoms with E-state index in [2.05, 4.69) is 6.58 Å². The van der Waals surface area contributed by atoms with Crippen molar-refractivity contribution in [3.8, 4) is 0 Å². The van der Waals surface area contributed by atoms with Gasteiger partial charge in [0.15, 0.2) is 0 Å². The van der Waals surface area contributed by atoms with Gasteiger partial charge in [0, 0.05) is 0 Å². The van der Waals surface area contributed by atoms with Gasteiger partial charge in [0.25, 0.3) is 0 Å². The Balaban J connectivity index is 3.10. The quantitative estimate of drug-likeness (QED) is 0.0913. The van der Waals surface area contributed by atoms with E-state index in [1.165, 1.54) is 6.26 Å². The van der Waals surface area contributed by atoms with Gasteiger partial charge in [0.05, 0.1) is 105 Å². The van der Waals surface area contributed by atoms with Crippen molar-refractivity contribution in [1.29, 1.82) is 0 Å². The van der Waals surface area contributed by atoms with Crippen molar-refractivity contribution in [1.82, 2.24) is 0 Å². The summed E-state index contributed by atoms with van der Waals surface area (Å²) in [5.41, 5.74) is -0.505. The number of carbonyl (C=O) groups excluding carboxylic acids is 1. The lowest BCUT2D eigenvalue weighted by molar-refractivity contribution is -0.160. The predicted octanol–water partition coefficient (Wildman–Crippen LogP) is 1.62. The SMILES string of the molecule is C=COCCOCCOCCOCCOCCOCCOCCOCCOCC(=O)OC(C)(C)C. The summed E-state index contributed by atoms with van der Waals surface area (Å²) in [6.07, 6.45) is 1.39. The minimum absolute atomic E-state index is 0.0786. The van der Waals surface area contributed by atoms with Gasteiger partial charge in [0.1, 0.15) is 18.8 Å². The Labute approximate surface area is 210 Å². The average Bonchev–Trinajstić information content (AvgIpc) is 2.80. The molecule has 0 aliphatic heterocycles. The van der Waals surface area contributed by atoms with Crippen molar-refractivity contribution in [3.63, 3.8) is 0 Å². The molecule has 0 aliphatic rings. The molecule has 0 amide bonds. The first-order valence-electron chi connectivity index (χ1n) is 12.0. The molecule has 0 saturated carbocycles. The standard InChI is InChI=1S/C24H46O11/c1-5-26-6-7-27-8-9-28-10-11-29-12-13-30-14-15-31-16-17-32-18-19-33-20-21-34-22-23(25)35-24(2,3)4/h5H,1,6-22H2,2-4H3. The number of esters is 1. The molecule has 0 unspecified atom stereocenters. The molecule has 11 heteroatoms. The van der Waals surface area contributed by atoms with E-state index in [1.54, 1.807) is 0 Å². The third-order valence-electron chi connectivity index (χ3n) is 3.71. The minimum Gasteiger partial charge on any atom is -0.499 e. The van der Waals surface area contributed by atoms with E-state index in [-0.39, 0.29) is 12.6 Å². The van der Waals surface area contributed by atoms with Gasteiger partial charge in [-0.05, 0) is 20.8 Å². The van der Waals surface area contributed by atoms with Crippen molar-refractivity contribution >= 4 is 5.97 Å². The fourth-order valence-corrected chi connectivity index (χ4v) is 2.26. The Bertz CT molecular complexity index is 469. The maximum atomic E-state index is 11.5. The monoisotopic (exact) mass is 510 g/mol. The summed E-state index contributed by atoms with van der Waals surface area (Å²) in [5.74, 6) is -0.384. The predicted molar refractivity (Wildman–Crippen MR) is 129 cm³/mol. The Hall–Kier alpha value is -1.31. The highest BCUT2D eigenvalue weighted by Crippen LogP contribution is 2.06. The Morgan fingerprint density at radius 3 is 1.11 bits per heavy atom. The van der Waals surface area contributed by atoms with Crippen LogP contribution in [0, 0.1) is 0 Å². The molecule has 0 bridgehead atoms. The summed E-state index contributed by atoms with van der Waals surface area (Å²) in [5, 5.41) is 0. The first kappa shape index (κ1) is 33.7. The number of rotatable bonds is 27. The Kier molecular flexibility index (Phi) is 24.8. The van der Waals surface area contributed by atoms with Crippen molar-refractivity contribution in [2.24, 2.45) is 0 Å². The smallest absolute Gasteiger partial charge is 0.332 e. The second-order valence-electron chi connectivity index (χ2n) is 7.96. The summed E-state index contributed by atoms with van der Waals surface area (Å²) < 4.78 is 53.0. The van der Waals surface area contributed by atoms with E-state index in [1.807, 2.05) is 20.8 Å². The summed E-state index contributed by atoms with van der Waals surface area (Å²) in [6.45, 7) is 16.5. The third-order valence-corrected chi connectivity index (χ3v) is 3.71. The molecule has 0 aromatic rings. The molecule has 0 atom stereocenters. The van der Waals surface area contributed by atoms with Crippen LogP contribution in [0.15, 0.2) is 12.8 Å². The van der Waals surface area contributed by atoms with Crippen LogP contribution in [-0.2, 0) is 52.2 Å². The summed E-state index contributed by atoms with van der Waals surface area (Å²) >= 11 is 0. The second kappa shape index (κ2) is 25.8. The van der Waals surface area contributed by atoms with Crippen LogP contribution in [0.5, 0.6) is 0 Å². The molecule has 0 aromatic carbocycles. The molecular formula is C24H46O11. The van der Waals surface area contributed by atoms with E-state index < -0.39 is 5.60 Å². The van der Waals surface area contributed by atoms with E-state index in [4.69, 9.17) is 47.4 Å². The largest absolute Gasteiger partial charge is 0.499 e. The first-order chi connectivity index (χ1) is 17.0. The van der Waals surface area contributed by atoms with Crippen LogP contribution in [-0.4, -0.2) is 124 Å². The summed E-state index contributed by atoms with van der Waals surface area (Å²) in [6, 6.07) is 0. The van der Waals surface area contributed by atoms with Gasteiger partial charge < -0.3 is 47.4 Å². The molecule has 0 aromatic heterocycles. The highest BCUT2D eigenvalue weighted by molar-refractivity contribution is 5.71. The second-order valence-corrected chi connectivity index (χ2v) is 7.96. The van der Waals surface area contributed by atoms with Crippen molar-refractivity contribution < 1.29 is 52.2 Å². The lowest BCUT2D eigenvalue weighted by Gasteiger charge is -2.19. The van der Waals surface area contributed by atoms with Crippen molar-refractivity contribution in [3.05, 3.63) is 12.8 Å². The molecule has 0 spiro atoms. The van der Waals surface area contributed by atoms with E-state index in [9.17, 15) is 4.79 Å². The molecule has 0 aliphatic carbocycles. The lowest BCUT2D eigenvalue weighted by atomic mass is 10.2. The van der Waals surface area contributed by atoms with Gasteiger partial charge >= 0.3 is 5.97 Å². The number of hydrogen-bond acceptors (Lipinski definition) is 11. The van der Waals surface area contributed by atoms with Gasteiger partial charge in [-0.3, -0.25) is 0 Å². The zero-order valence-electron chi connectivity index (χ0n) is 21.8. The van der Waals surface area contributed by atoms with Gasteiger partial charge in [-0.2, -0.15) is 0 Å². The van der Waals surface area contributed by atoms with Crippen LogP contribution < -0.4 is 0 Å². The fraction of sp³-hybridized carbons (Fsp3) is 0.875. The van der Waals surface area contributed by atoms with Crippen LogP contribution in [0.2, 0.25) is 0 Å². The maximum absolute atomic E-state index is 11.5. The average molecular weight is 511 g/mol. The summed E-state index contributed by atoms with van der Waals surface area (Å²) in [4.78, 5) is 11.5. The summed E-state index contributed by atoms with van der Waals surface area (Å²) in [7, 11) is 0. The fourth-order valence-electron chi connectivity index (χ4n) is 2.26. The topological polar surface area (TPSA) is 109 Å². The molecule has 0 fully saturated rings. The van der Waals surface area contributed by atoms with Gasteiger partial charge in [0.2, 0.25) is 0 Å². The van der Waals surface area contributed by atoms with E-state index in [0.29, 0.717) is 106 Å². The molecule has 0 radical (unpaired) electrons. The molecule has 35 heavy (non-hydrogen) atoms. The molecule has 208 valence electrons. The zero-order valence-corrected chi connectivity index (χ0v) is 21.8. The van der Waals surface area contributed by atoms with Crippen LogP contribution in [0.25, 0.3) is 0 Å². The van der Waals surface area contributed by atoms with E-state index in [0.717, 1.165) is 0 Å². The lowest BCUT2D eigenvalue weighted by Crippen LogP contribution is -2.27. The zero-order chi connectivity index (χ0) is 25.9. The molecule has 11 nitrogen and oxygen atoms in total. The minimum atomic E-state index is -0.505. The number of carbonyl (C=O) groups is 1. The molecule has 0 rings (SSSR count).